The smallest absolute Gasteiger partial charge is 0.0992 e. The minimum Gasteiger partial charge on any atom is -0.380 e. The zero-order valence-corrected chi connectivity index (χ0v) is 12.7. The fourth-order valence-corrected chi connectivity index (χ4v) is 2.18. The van der Waals surface area contributed by atoms with Crippen LogP contribution in [-0.4, -0.2) is 0 Å². The lowest BCUT2D eigenvalue weighted by Gasteiger charge is -2.10. The van der Waals surface area contributed by atoms with Gasteiger partial charge in [-0.2, -0.15) is 5.26 Å². The third-order valence-corrected chi connectivity index (χ3v) is 4.02. The molecule has 0 aliphatic rings. The molecule has 19 heavy (non-hydrogen) atoms. The Balaban J connectivity index is 2.14. The normalized spacial score (nSPS) is 10.0. The van der Waals surface area contributed by atoms with E-state index in [2.05, 4.69) is 40.3 Å². The van der Waals surface area contributed by atoms with E-state index in [1.807, 2.05) is 12.1 Å². The minimum absolute atomic E-state index is 0.596. The number of nitriles is 1. The van der Waals surface area contributed by atoms with Crippen LogP contribution in [0.5, 0.6) is 0 Å². The van der Waals surface area contributed by atoms with Crippen molar-refractivity contribution in [3.05, 3.63) is 62.6 Å². The maximum atomic E-state index is 8.88. The molecule has 0 atom stereocenters. The zero-order chi connectivity index (χ0) is 13.8. The van der Waals surface area contributed by atoms with Crippen LogP contribution >= 0.6 is 27.5 Å². The molecule has 1 N–H and O–H groups in total. The van der Waals surface area contributed by atoms with Crippen LogP contribution in [0.15, 0.2) is 40.9 Å². The van der Waals surface area contributed by atoms with Gasteiger partial charge in [-0.15, -0.1) is 0 Å². The summed E-state index contributed by atoms with van der Waals surface area (Å²) < 4.78 is 1.10. The fourth-order valence-electron chi connectivity index (χ4n) is 1.74. The molecule has 0 radical (unpaired) electrons. The Morgan fingerprint density at radius 3 is 2.74 bits per heavy atom. The van der Waals surface area contributed by atoms with Gasteiger partial charge in [0.1, 0.15) is 0 Å². The Bertz CT molecular complexity index is 647. The van der Waals surface area contributed by atoms with Gasteiger partial charge in [0.05, 0.1) is 22.3 Å². The Morgan fingerprint density at radius 1 is 1.26 bits per heavy atom. The van der Waals surface area contributed by atoms with Crippen LogP contribution in [0, 0.1) is 18.3 Å². The molecule has 0 saturated heterocycles. The first kappa shape index (κ1) is 13.9. The first-order chi connectivity index (χ1) is 9.10. The van der Waals surface area contributed by atoms with Gasteiger partial charge in [0.15, 0.2) is 0 Å². The highest BCUT2D eigenvalue weighted by molar-refractivity contribution is 9.10. The molecule has 0 saturated carbocycles. The molecule has 2 nitrogen and oxygen atoms in total. The predicted octanol–water partition coefficient (Wildman–Crippen LogP) is 4.89. The predicted molar refractivity (Wildman–Crippen MR) is 82.4 cm³/mol. The number of anilines is 1. The highest BCUT2D eigenvalue weighted by atomic mass is 79.9. The summed E-state index contributed by atoms with van der Waals surface area (Å²) in [4.78, 5) is 0. The van der Waals surface area contributed by atoms with E-state index < -0.39 is 0 Å². The third-order valence-electron chi connectivity index (χ3n) is 2.80. The second-order valence-electron chi connectivity index (χ2n) is 4.24. The van der Waals surface area contributed by atoms with Crippen LogP contribution in [0.1, 0.15) is 16.7 Å². The molecule has 2 rings (SSSR count). The molecule has 0 spiro atoms. The number of hydrogen-bond acceptors (Lipinski definition) is 2. The molecule has 96 valence electrons. The number of nitrogens with one attached hydrogen (secondary N) is 1. The van der Waals surface area contributed by atoms with E-state index in [0.29, 0.717) is 17.1 Å². The molecular formula is C15H12BrClN2. The van der Waals surface area contributed by atoms with E-state index in [-0.39, 0.29) is 0 Å². The van der Waals surface area contributed by atoms with E-state index in [9.17, 15) is 0 Å². The average Bonchev–Trinajstić information content (AvgIpc) is 2.41. The van der Waals surface area contributed by atoms with E-state index in [1.165, 1.54) is 11.1 Å². The molecule has 0 fully saturated rings. The largest absolute Gasteiger partial charge is 0.380 e. The molecule has 0 heterocycles. The number of halogens is 2. The maximum absolute atomic E-state index is 8.88. The van der Waals surface area contributed by atoms with Crippen LogP contribution in [0.4, 0.5) is 5.69 Å². The molecule has 0 amide bonds. The number of hydrogen-bond donors (Lipinski definition) is 1. The number of nitrogens with zero attached hydrogens (tertiary/aromatic N) is 1. The first-order valence-electron chi connectivity index (χ1n) is 5.78. The van der Waals surface area contributed by atoms with Gasteiger partial charge >= 0.3 is 0 Å². The van der Waals surface area contributed by atoms with Gasteiger partial charge in [-0.1, -0.05) is 39.7 Å². The second kappa shape index (κ2) is 6.10. The standard InChI is InChI=1S/C15H12BrClN2/c1-10-6-12(2-4-13(10)16)9-19-15-7-11(8-18)3-5-14(15)17/h2-7,19H,9H2,1H3. The summed E-state index contributed by atoms with van der Waals surface area (Å²) in [5, 5.41) is 12.7. The molecule has 0 unspecified atom stereocenters. The molecular weight excluding hydrogens is 324 g/mol. The van der Waals surface area contributed by atoms with Crippen LogP contribution in [0.2, 0.25) is 5.02 Å². The summed E-state index contributed by atoms with van der Waals surface area (Å²) in [5.74, 6) is 0. The lowest BCUT2D eigenvalue weighted by atomic mass is 10.1. The van der Waals surface area contributed by atoms with E-state index >= 15 is 0 Å². The highest BCUT2D eigenvalue weighted by Gasteiger charge is 2.03. The van der Waals surface area contributed by atoms with Crippen LogP contribution in [-0.2, 0) is 6.54 Å². The van der Waals surface area contributed by atoms with Gasteiger partial charge < -0.3 is 5.32 Å². The van der Waals surface area contributed by atoms with Crippen LogP contribution in [0.3, 0.4) is 0 Å². The van der Waals surface area contributed by atoms with Crippen molar-refractivity contribution in [2.24, 2.45) is 0 Å². The van der Waals surface area contributed by atoms with Gasteiger partial charge in [-0.05, 0) is 42.3 Å². The van der Waals surface area contributed by atoms with Crippen molar-refractivity contribution >= 4 is 33.2 Å². The zero-order valence-electron chi connectivity index (χ0n) is 10.4. The molecule has 2 aromatic carbocycles. The minimum atomic E-state index is 0.596. The van der Waals surface area contributed by atoms with Gasteiger partial charge in [0, 0.05) is 11.0 Å². The Kier molecular flexibility index (Phi) is 4.47. The lowest BCUT2D eigenvalue weighted by Crippen LogP contribution is -2.00. The summed E-state index contributed by atoms with van der Waals surface area (Å²) in [6.45, 7) is 2.72. The van der Waals surface area contributed by atoms with E-state index in [1.54, 1.807) is 18.2 Å². The topological polar surface area (TPSA) is 35.8 Å². The van der Waals surface area contributed by atoms with Crippen LogP contribution in [0.25, 0.3) is 0 Å². The van der Waals surface area contributed by atoms with Crippen molar-refractivity contribution in [2.45, 2.75) is 13.5 Å². The molecule has 0 aromatic heterocycles. The molecule has 0 aliphatic heterocycles. The number of benzene rings is 2. The second-order valence-corrected chi connectivity index (χ2v) is 5.51. The highest BCUT2D eigenvalue weighted by Crippen LogP contribution is 2.24. The Labute approximate surface area is 126 Å². The van der Waals surface area contributed by atoms with Crippen molar-refractivity contribution < 1.29 is 0 Å². The van der Waals surface area contributed by atoms with Gasteiger partial charge in [-0.25, -0.2) is 0 Å². The number of aryl methyl sites for hydroxylation is 1. The lowest BCUT2D eigenvalue weighted by molar-refractivity contribution is 1.14. The maximum Gasteiger partial charge on any atom is 0.0992 e. The Morgan fingerprint density at radius 2 is 2.05 bits per heavy atom. The van der Waals surface area contributed by atoms with E-state index in [0.717, 1.165) is 10.2 Å². The van der Waals surface area contributed by atoms with E-state index in [4.69, 9.17) is 16.9 Å². The monoisotopic (exact) mass is 334 g/mol. The van der Waals surface area contributed by atoms with Crippen molar-refractivity contribution in [2.75, 3.05) is 5.32 Å². The summed E-state index contributed by atoms with van der Waals surface area (Å²) >= 11 is 9.57. The van der Waals surface area contributed by atoms with Crippen molar-refractivity contribution in [1.82, 2.24) is 0 Å². The Hall–Kier alpha value is -1.50. The fraction of sp³-hybridized carbons (Fsp3) is 0.133. The molecule has 0 bridgehead atoms. The third kappa shape index (κ3) is 3.50. The van der Waals surface area contributed by atoms with Gasteiger partial charge in [0.2, 0.25) is 0 Å². The van der Waals surface area contributed by atoms with Gasteiger partial charge in [-0.3, -0.25) is 0 Å². The quantitative estimate of drug-likeness (QED) is 0.866. The van der Waals surface area contributed by atoms with Crippen molar-refractivity contribution in [1.29, 1.82) is 5.26 Å². The summed E-state index contributed by atoms with van der Waals surface area (Å²) in [6.07, 6.45) is 0. The van der Waals surface area contributed by atoms with Gasteiger partial charge in [0.25, 0.3) is 0 Å². The summed E-state index contributed by atoms with van der Waals surface area (Å²) in [6, 6.07) is 13.5. The average molecular weight is 336 g/mol. The molecule has 2 aromatic rings. The van der Waals surface area contributed by atoms with Crippen molar-refractivity contribution in [3.63, 3.8) is 0 Å². The van der Waals surface area contributed by atoms with Crippen LogP contribution < -0.4 is 5.32 Å². The SMILES string of the molecule is Cc1cc(CNc2cc(C#N)ccc2Cl)ccc1Br. The van der Waals surface area contributed by atoms with Crippen molar-refractivity contribution in [3.8, 4) is 6.07 Å². The summed E-state index contributed by atoms with van der Waals surface area (Å²) in [7, 11) is 0. The summed E-state index contributed by atoms with van der Waals surface area (Å²) in [5.41, 5.74) is 3.73. The molecule has 4 heteroatoms. The molecule has 0 aliphatic carbocycles. The number of rotatable bonds is 3. The first-order valence-corrected chi connectivity index (χ1v) is 6.96.